The first-order chi connectivity index (χ1) is 7.42. The van der Waals surface area contributed by atoms with Crippen molar-refractivity contribution in [1.29, 1.82) is 0 Å². The van der Waals surface area contributed by atoms with Crippen LogP contribution in [0.1, 0.15) is 32.6 Å². The van der Waals surface area contributed by atoms with Gasteiger partial charge in [0.2, 0.25) is 15.3 Å². The van der Waals surface area contributed by atoms with Gasteiger partial charge in [0, 0.05) is 19.5 Å². The van der Waals surface area contributed by atoms with E-state index in [9.17, 15) is 13.2 Å². The Morgan fingerprint density at radius 3 is 2.44 bits per heavy atom. The first kappa shape index (κ1) is 13.9. The molecular formula is C10H18ClNO3S. The quantitative estimate of drug-likeness (QED) is 0.711. The van der Waals surface area contributed by atoms with E-state index in [1.54, 1.807) is 0 Å². The van der Waals surface area contributed by atoms with Gasteiger partial charge in [-0.05, 0) is 36.8 Å². The molecule has 0 aliphatic carbocycles. The Kier molecular flexibility index (Phi) is 5.21. The summed E-state index contributed by atoms with van der Waals surface area (Å²) in [6.07, 6.45) is 2.29. The molecule has 1 heterocycles. The van der Waals surface area contributed by atoms with Crippen molar-refractivity contribution in [3.8, 4) is 0 Å². The molecule has 0 spiro atoms. The van der Waals surface area contributed by atoms with Crippen molar-refractivity contribution in [3.63, 3.8) is 0 Å². The van der Waals surface area contributed by atoms with E-state index in [0.717, 1.165) is 12.8 Å². The van der Waals surface area contributed by atoms with Gasteiger partial charge in [0.25, 0.3) is 0 Å². The lowest BCUT2D eigenvalue weighted by Crippen LogP contribution is -2.39. The number of nitrogens with zero attached hydrogens (tertiary/aromatic N) is 1. The van der Waals surface area contributed by atoms with Gasteiger partial charge in [-0.1, -0.05) is 6.92 Å². The van der Waals surface area contributed by atoms with E-state index in [1.165, 1.54) is 4.31 Å². The molecular weight excluding hydrogens is 250 g/mol. The molecule has 1 fully saturated rings. The van der Waals surface area contributed by atoms with Crippen molar-refractivity contribution in [2.45, 2.75) is 32.6 Å². The van der Waals surface area contributed by atoms with E-state index >= 15 is 0 Å². The van der Waals surface area contributed by atoms with E-state index in [4.69, 9.17) is 11.6 Å². The third kappa shape index (κ3) is 4.39. The van der Waals surface area contributed by atoms with Crippen LogP contribution in [-0.2, 0) is 14.8 Å². The molecule has 1 rings (SSSR count). The van der Waals surface area contributed by atoms with Crippen LogP contribution in [-0.4, -0.2) is 36.8 Å². The number of carbonyl (C=O) groups excluding carboxylic acids is 1. The van der Waals surface area contributed by atoms with Crippen LogP contribution >= 0.6 is 11.6 Å². The second kappa shape index (κ2) is 5.98. The zero-order chi connectivity index (χ0) is 12.2. The second-order valence-electron chi connectivity index (χ2n) is 4.36. The number of hydrogen-bond donors (Lipinski definition) is 0. The van der Waals surface area contributed by atoms with Gasteiger partial charge < -0.3 is 0 Å². The number of carbonyl (C=O) groups is 1. The van der Waals surface area contributed by atoms with E-state index in [2.05, 4.69) is 6.92 Å². The highest BCUT2D eigenvalue weighted by Crippen LogP contribution is 2.19. The summed E-state index contributed by atoms with van der Waals surface area (Å²) in [6, 6.07) is 0. The molecule has 0 amide bonds. The van der Waals surface area contributed by atoms with Crippen LogP contribution in [0, 0.1) is 5.92 Å². The Bertz CT molecular complexity index is 334. The fourth-order valence-corrected chi connectivity index (χ4v) is 3.45. The zero-order valence-corrected chi connectivity index (χ0v) is 11.1. The maximum absolute atomic E-state index is 11.8. The lowest BCUT2D eigenvalue weighted by molar-refractivity contribution is -0.111. The smallest absolute Gasteiger partial charge is 0.221 e. The van der Waals surface area contributed by atoms with Crippen molar-refractivity contribution in [2.24, 2.45) is 5.92 Å². The first-order valence-corrected chi connectivity index (χ1v) is 7.56. The third-order valence-electron chi connectivity index (χ3n) is 2.91. The summed E-state index contributed by atoms with van der Waals surface area (Å²) in [7, 11) is -3.18. The van der Waals surface area contributed by atoms with Crippen molar-refractivity contribution in [2.75, 3.05) is 18.8 Å². The van der Waals surface area contributed by atoms with Crippen LogP contribution in [0.4, 0.5) is 0 Å². The monoisotopic (exact) mass is 267 g/mol. The average Bonchev–Trinajstić information content (AvgIpc) is 2.17. The highest BCUT2D eigenvalue weighted by atomic mass is 35.5. The predicted octanol–water partition coefficient (Wildman–Crippen LogP) is 1.59. The SMILES string of the molecule is CC1CCN(S(=O)(=O)CCCC(=O)Cl)CC1. The summed E-state index contributed by atoms with van der Waals surface area (Å²) in [5.74, 6) is 0.635. The minimum Gasteiger partial charge on any atom is -0.281 e. The van der Waals surface area contributed by atoms with Crippen molar-refractivity contribution in [3.05, 3.63) is 0 Å². The molecule has 1 aliphatic rings. The summed E-state index contributed by atoms with van der Waals surface area (Å²) in [4.78, 5) is 10.5. The van der Waals surface area contributed by atoms with E-state index in [1.807, 2.05) is 0 Å². The highest BCUT2D eigenvalue weighted by Gasteiger charge is 2.25. The fourth-order valence-electron chi connectivity index (χ4n) is 1.79. The maximum Gasteiger partial charge on any atom is 0.221 e. The zero-order valence-electron chi connectivity index (χ0n) is 9.49. The maximum atomic E-state index is 11.8. The number of rotatable bonds is 5. The normalized spacial score (nSPS) is 19.9. The van der Waals surface area contributed by atoms with Crippen molar-refractivity contribution < 1.29 is 13.2 Å². The van der Waals surface area contributed by atoms with E-state index in [-0.39, 0.29) is 12.2 Å². The molecule has 1 aliphatic heterocycles. The van der Waals surface area contributed by atoms with Gasteiger partial charge in [-0.2, -0.15) is 0 Å². The minimum atomic E-state index is -3.18. The predicted molar refractivity (Wildman–Crippen MR) is 63.9 cm³/mol. The van der Waals surface area contributed by atoms with Gasteiger partial charge in [-0.3, -0.25) is 4.79 Å². The molecule has 16 heavy (non-hydrogen) atoms. The Morgan fingerprint density at radius 2 is 1.94 bits per heavy atom. The van der Waals surface area contributed by atoms with Crippen LogP contribution in [0.2, 0.25) is 0 Å². The largest absolute Gasteiger partial charge is 0.281 e. The summed E-state index contributed by atoms with van der Waals surface area (Å²) in [5, 5.41) is -0.470. The topological polar surface area (TPSA) is 54.5 Å². The van der Waals surface area contributed by atoms with E-state index in [0.29, 0.717) is 25.4 Å². The van der Waals surface area contributed by atoms with Gasteiger partial charge in [0.15, 0.2) is 0 Å². The lowest BCUT2D eigenvalue weighted by atomic mass is 10.0. The van der Waals surface area contributed by atoms with Gasteiger partial charge in [0.1, 0.15) is 0 Å². The number of sulfonamides is 1. The van der Waals surface area contributed by atoms with E-state index < -0.39 is 15.3 Å². The molecule has 4 nitrogen and oxygen atoms in total. The third-order valence-corrected chi connectivity index (χ3v) is 5.06. The Labute approximate surface area is 102 Å². The summed E-state index contributed by atoms with van der Waals surface area (Å²) >= 11 is 5.16. The van der Waals surface area contributed by atoms with Gasteiger partial charge in [-0.25, -0.2) is 12.7 Å². The Morgan fingerprint density at radius 1 is 1.38 bits per heavy atom. The van der Waals surface area contributed by atoms with Gasteiger partial charge >= 0.3 is 0 Å². The summed E-state index contributed by atoms with van der Waals surface area (Å²) in [5.41, 5.74) is 0. The molecule has 0 aromatic rings. The molecule has 0 saturated carbocycles. The highest BCUT2D eigenvalue weighted by molar-refractivity contribution is 7.89. The number of piperidine rings is 1. The molecule has 0 aromatic heterocycles. The molecule has 0 bridgehead atoms. The molecule has 0 aromatic carbocycles. The van der Waals surface area contributed by atoms with Crippen LogP contribution in [0.3, 0.4) is 0 Å². The molecule has 94 valence electrons. The lowest BCUT2D eigenvalue weighted by Gasteiger charge is -2.29. The average molecular weight is 268 g/mol. The molecule has 6 heteroatoms. The molecule has 0 atom stereocenters. The molecule has 0 N–H and O–H groups in total. The van der Waals surface area contributed by atoms with Gasteiger partial charge in [0.05, 0.1) is 5.75 Å². The summed E-state index contributed by atoms with van der Waals surface area (Å²) < 4.78 is 25.2. The summed E-state index contributed by atoms with van der Waals surface area (Å²) in [6.45, 7) is 3.35. The Balaban J connectivity index is 2.41. The van der Waals surface area contributed by atoms with Crippen LogP contribution in [0.25, 0.3) is 0 Å². The molecule has 1 saturated heterocycles. The van der Waals surface area contributed by atoms with Crippen LogP contribution < -0.4 is 0 Å². The second-order valence-corrected chi connectivity index (χ2v) is 6.87. The fraction of sp³-hybridized carbons (Fsp3) is 0.900. The van der Waals surface area contributed by atoms with Crippen molar-refractivity contribution in [1.82, 2.24) is 4.31 Å². The van der Waals surface area contributed by atoms with Gasteiger partial charge in [-0.15, -0.1) is 0 Å². The minimum absolute atomic E-state index is 0.0276. The first-order valence-electron chi connectivity index (χ1n) is 5.58. The van der Waals surface area contributed by atoms with Crippen LogP contribution in [0.5, 0.6) is 0 Å². The Hall–Kier alpha value is -0.130. The van der Waals surface area contributed by atoms with Crippen molar-refractivity contribution >= 4 is 26.9 Å². The number of halogens is 1. The standard InChI is InChI=1S/C10H18ClNO3S/c1-9-4-6-12(7-5-9)16(14,15)8-2-3-10(11)13/h9H,2-8H2,1H3. The van der Waals surface area contributed by atoms with Crippen LogP contribution in [0.15, 0.2) is 0 Å². The number of hydrogen-bond acceptors (Lipinski definition) is 3. The molecule has 0 unspecified atom stereocenters. The molecule has 0 radical (unpaired) electrons.